The molecule has 2 heteroatoms. The summed E-state index contributed by atoms with van der Waals surface area (Å²) in [7, 11) is 0. The van der Waals surface area contributed by atoms with Crippen molar-refractivity contribution in [2.24, 2.45) is 11.3 Å². The lowest BCUT2D eigenvalue weighted by Gasteiger charge is -2.53. The normalized spacial score (nSPS) is 33.2. The first-order chi connectivity index (χ1) is 7.73. The van der Waals surface area contributed by atoms with E-state index in [1.165, 1.54) is 25.7 Å². The molecule has 0 spiro atoms. The Bertz CT molecular complexity index is 219. The lowest BCUT2D eigenvalue weighted by molar-refractivity contribution is -0.197. The van der Waals surface area contributed by atoms with Gasteiger partial charge in [-0.2, -0.15) is 0 Å². The van der Waals surface area contributed by atoms with E-state index >= 15 is 0 Å². The van der Waals surface area contributed by atoms with Gasteiger partial charge in [0.05, 0.1) is 12.2 Å². The van der Waals surface area contributed by atoms with Crippen LogP contribution < -0.4 is 0 Å². The van der Waals surface area contributed by atoms with Crippen molar-refractivity contribution in [2.45, 2.75) is 71.0 Å². The molecule has 2 nitrogen and oxygen atoms in total. The smallest absolute Gasteiger partial charge is 0.0680 e. The van der Waals surface area contributed by atoms with Crippen LogP contribution in [0.5, 0.6) is 0 Å². The van der Waals surface area contributed by atoms with Crippen LogP contribution in [-0.2, 0) is 4.74 Å². The van der Waals surface area contributed by atoms with Gasteiger partial charge in [-0.1, -0.05) is 33.1 Å². The van der Waals surface area contributed by atoms with Crippen LogP contribution in [0.3, 0.4) is 0 Å². The van der Waals surface area contributed by atoms with Crippen molar-refractivity contribution in [3.05, 3.63) is 0 Å². The summed E-state index contributed by atoms with van der Waals surface area (Å²) >= 11 is 0. The van der Waals surface area contributed by atoms with Gasteiger partial charge in [0.1, 0.15) is 0 Å². The number of ether oxygens (including phenoxy) is 1. The van der Waals surface area contributed by atoms with Gasteiger partial charge in [0, 0.05) is 18.4 Å². The highest BCUT2D eigenvalue weighted by molar-refractivity contribution is 5.02. The molecule has 0 aromatic rings. The second-order valence-corrected chi connectivity index (χ2v) is 5.64. The largest absolute Gasteiger partial charge is 0.392 e. The number of rotatable bonds is 6. The highest BCUT2D eigenvalue weighted by atomic mass is 16.5. The summed E-state index contributed by atoms with van der Waals surface area (Å²) in [4.78, 5) is 0. The van der Waals surface area contributed by atoms with Crippen molar-refractivity contribution in [3.63, 3.8) is 0 Å². The molecule has 0 aliphatic heterocycles. The van der Waals surface area contributed by atoms with Gasteiger partial charge in [-0.05, 0) is 25.2 Å². The molecule has 94 valence electrons. The van der Waals surface area contributed by atoms with E-state index in [9.17, 15) is 5.11 Å². The lowest BCUT2D eigenvalue weighted by Crippen LogP contribution is -2.57. The van der Waals surface area contributed by atoms with E-state index in [1.807, 2.05) is 0 Å². The van der Waals surface area contributed by atoms with Crippen molar-refractivity contribution in [1.82, 2.24) is 0 Å². The number of aliphatic hydroxyl groups is 1. The summed E-state index contributed by atoms with van der Waals surface area (Å²) in [6.45, 7) is 5.26. The Morgan fingerprint density at radius 1 is 1.25 bits per heavy atom. The van der Waals surface area contributed by atoms with E-state index in [0.717, 1.165) is 31.8 Å². The first kappa shape index (κ1) is 12.4. The maximum absolute atomic E-state index is 9.91. The van der Waals surface area contributed by atoms with Crippen molar-refractivity contribution < 1.29 is 9.84 Å². The minimum absolute atomic E-state index is 0.0691. The predicted octanol–water partition coefficient (Wildman–Crippen LogP) is 3.13. The van der Waals surface area contributed by atoms with Crippen LogP contribution in [0.15, 0.2) is 0 Å². The van der Waals surface area contributed by atoms with Gasteiger partial charge >= 0.3 is 0 Å². The second-order valence-electron chi connectivity index (χ2n) is 5.64. The molecule has 2 rings (SSSR count). The SMILES string of the molecule is CCC1(CC)C(O)CC1OCCC1CCC1. The highest BCUT2D eigenvalue weighted by Gasteiger charge is 2.52. The van der Waals surface area contributed by atoms with E-state index in [4.69, 9.17) is 4.74 Å². The Morgan fingerprint density at radius 2 is 1.94 bits per heavy atom. The molecule has 0 aromatic carbocycles. The van der Waals surface area contributed by atoms with E-state index < -0.39 is 0 Å². The highest BCUT2D eigenvalue weighted by Crippen LogP contribution is 2.49. The summed E-state index contributed by atoms with van der Waals surface area (Å²) in [5.74, 6) is 0.933. The van der Waals surface area contributed by atoms with Gasteiger partial charge in [0.15, 0.2) is 0 Å². The van der Waals surface area contributed by atoms with Gasteiger partial charge < -0.3 is 9.84 Å². The molecule has 0 radical (unpaired) electrons. The summed E-state index contributed by atoms with van der Waals surface area (Å²) in [6.07, 6.45) is 8.58. The first-order valence-corrected chi connectivity index (χ1v) is 7.02. The average molecular weight is 226 g/mol. The van der Waals surface area contributed by atoms with Crippen LogP contribution in [0.25, 0.3) is 0 Å². The first-order valence-electron chi connectivity index (χ1n) is 7.02. The fourth-order valence-corrected chi connectivity index (χ4v) is 3.30. The van der Waals surface area contributed by atoms with Crippen molar-refractivity contribution in [2.75, 3.05) is 6.61 Å². The topological polar surface area (TPSA) is 29.5 Å². The molecule has 0 heterocycles. The number of hydrogen-bond acceptors (Lipinski definition) is 2. The fraction of sp³-hybridized carbons (Fsp3) is 1.00. The molecular weight excluding hydrogens is 200 g/mol. The molecular formula is C14H26O2. The third kappa shape index (κ3) is 2.02. The molecule has 2 unspecified atom stereocenters. The molecule has 2 fully saturated rings. The molecule has 0 saturated heterocycles. The molecule has 2 aliphatic rings. The molecule has 2 saturated carbocycles. The molecule has 0 amide bonds. The molecule has 0 bridgehead atoms. The average Bonchev–Trinajstić information content (AvgIpc) is 2.22. The molecule has 16 heavy (non-hydrogen) atoms. The molecule has 2 aliphatic carbocycles. The van der Waals surface area contributed by atoms with Gasteiger partial charge in [0.25, 0.3) is 0 Å². The Hall–Kier alpha value is -0.0800. The number of aliphatic hydroxyl groups excluding tert-OH is 1. The minimum atomic E-state index is -0.129. The summed E-state index contributed by atoms with van der Waals surface area (Å²) in [6, 6.07) is 0. The fourth-order valence-electron chi connectivity index (χ4n) is 3.30. The zero-order valence-corrected chi connectivity index (χ0v) is 10.7. The standard InChI is InChI=1S/C14H26O2/c1-3-14(4-2)12(15)10-13(14)16-9-8-11-6-5-7-11/h11-13,15H,3-10H2,1-2H3. The van der Waals surface area contributed by atoms with Gasteiger partial charge in [-0.25, -0.2) is 0 Å². The van der Waals surface area contributed by atoms with E-state index in [0.29, 0.717) is 6.10 Å². The Labute approximate surface area is 99.4 Å². The van der Waals surface area contributed by atoms with Crippen LogP contribution in [0.2, 0.25) is 0 Å². The molecule has 2 atom stereocenters. The zero-order chi connectivity index (χ0) is 11.6. The maximum atomic E-state index is 9.91. The Kier molecular flexibility index (Phi) is 3.91. The van der Waals surface area contributed by atoms with E-state index in [1.54, 1.807) is 0 Å². The second kappa shape index (κ2) is 5.05. The van der Waals surface area contributed by atoms with Gasteiger partial charge in [-0.3, -0.25) is 0 Å². The van der Waals surface area contributed by atoms with Crippen molar-refractivity contribution in [3.8, 4) is 0 Å². The molecule has 0 aromatic heterocycles. The zero-order valence-electron chi connectivity index (χ0n) is 10.7. The quantitative estimate of drug-likeness (QED) is 0.754. The predicted molar refractivity (Wildman–Crippen MR) is 65.3 cm³/mol. The van der Waals surface area contributed by atoms with E-state index in [2.05, 4.69) is 13.8 Å². The van der Waals surface area contributed by atoms with Gasteiger partial charge in [-0.15, -0.1) is 0 Å². The Morgan fingerprint density at radius 3 is 2.38 bits per heavy atom. The van der Waals surface area contributed by atoms with Crippen LogP contribution in [0.1, 0.15) is 58.8 Å². The summed E-state index contributed by atoms with van der Waals surface area (Å²) in [5, 5.41) is 9.91. The summed E-state index contributed by atoms with van der Waals surface area (Å²) in [5.41, 5.74) is 0.0691. The van der Waals surface area contributed by atoms with E-state index in [-0.39, 0.29) is 11.5 Å². The third-order valence-electron chi connectivity index (χ3n) is 5.13. The van der Waals surface area contributed by atoms with Crippen LogP contribution in [0.4, 0.5) is 0 Å². The van der Waals surface area contributed by atoms with Crippen LogP contribution in [0, 0.1) is 11.3 Å². The maximum Gasteiger partial charge on any atom is 0.0680 e. The minimum Gasteiger partial charge on any atom is -0.392 e. The third-order valence-corrected chi connectivity index (χ3v) is 5.13. The van der Waals surface area contributed by atoms with Crippen molar-refractivity contribution in [1.29, 1.82) is 0 Å². The summed E-state index contributed by atoms with van der Waals surface area (Å²) < 4.78 is 5.99. The lowest BCUT2D eigenvalue weighted by atomic mass is 9.60. The number of hydrogen-bond donors (Lipinski definition) is 1. The van der Waals surface area contributed by atoms with Crippen LogP contribution >= 0.6 is 0 Å². The Balaban J connectivity index is 1.72. The van der Waals surface area contributed by atoms with Crippen LogP contribution in [-0.4, -0.2) is 23.9 Å². The van der Waals surface area contributed by atoms with Gasteiger partial charge in [0.2, 0.25) is 0 Å². The molecule has 1 N–H and O–H groups in total. The monoisotopic (exact) mass is 226 g/mol. The van der Waals surface area contributed by atoms with Crippen molar-refractivity contribution >= 4 is 0 Å².